The average molecular weight is 344 g/mol. The van der Waals surface area contributed by atoms with Crippen molar-refractivity contribution in [1.29, 1.82) is 0 Å². The minimum Gasteiger partial charge on any atom is -0.464 e. The van der Waals surface area contributed by atoms with Gasteiger partial charge in [-0.3, -0.25) is 4.79 Å². The Labute approximate surface area is 146 Å². The molecule has 0 spiro atoms. The summed E-state index contributed by atoms with van der Waals surface area (Å²) in [6.45, 7) is 1.41. The number of anilines is 2. The van der Waals surface area contributed by atoms with Gasteiger partial charge < -0.3 is 19.9 Å². The molecule has 0 aromatic carbocycles. The fraction of sp³-hybridized carbons (Fsp3) is 0.500. The third kappa shape index (κ3) is 3.45. The maximum Gasteiger partial charge on any atom is 0.356 e. The summed E-state index contributed by atoms with van der Waals surface area (Å²) >= 11 is 0. The molecule has 2 aromatic heterocycles. The Morgan fingerprint density at radius 1 is 1.28 bits per heavy atom. The number of carbonyl (C=O) groups is 2. The van der Waals surface area contributed by atoms with Gasteiger partial charge in [0.05, 0.1) is 24.7 Å². The second-order valence-electron chi connectivity index (χ2n) is 6.53. The summed E-state index contributed by atoms with van der Waals surface area (Å²) in [6.07, 6.45) is 7.85. The Kier molecular flexibility index (Phi) is 4.92. The minimum atomic E-state index is -0.508. The van der Waals surface area contributed by atoms with Crippen molar-refractivity contribution in [3.63, 3.8) is 0 Å². The van der Waals surface area contributed by atoms with Crippen molar-refractivity contribution < 1.29 is 14.3 Å². The number of methoxy groups -OCH3 is 1. The molecule has 0 aliphatic heterocycles. The molecule has 1 fully saturated rings. The first-order chi connectivity index (χ1) is 12.0. The fourth-order valence-corrected chi connectivity index (χ4v) is 3.51. The topological polar surface area (TPSA) is 85.2 Å². The SMILES string of the molecule is COC(=O)c1c(NC(C)=O)c2cc(NC3CCCCC3)cnc2n1C. The van der Waals surface area contributed by atoms with E-state index in [1.54, 1.807) is 17.8 Å². The Hall–Kier alpha value is -2.57. The van der Waals surface area contributed by atoms with Gasteiger partial charge >= 0.3 is 5.97 Å². The van der Waals surface area contributed by atoms with Crippen LogP contribution in [0.3, 0.4) is 0 Å². The highest BCUT2D eigenvalue weighted by Crippen LogP contribution is 2.32. The lowest BCUT2D eigenvalue weighted by Gasteiger charge is -2.23. The Morgan fingerprint density at radius 2 is 2.00 bits per heavy atom. The zero-order chi connectivity index (χ0) is 18.0. The van der Waals surface area contributed by atoms with Gasteiger partial charge in [0.15, 0.2) is 5.69 Å². The lowest BCUT2D eigenvalue weighted by Crippen LogP contribution is -2.22. The van der Waals surface area contributed by atoms with E-state index in [0.29, 0.717) is 17.4 Å². The van der Waals surface area contributed by atoms with E-state index in [-0.39, 0.29) is 11.6 Å². The molecule has 134 valence electrons. The van der Waals surface area contributed by atoms with Crippen LogP contribution in [0.15, 0.2) is 12.3 Å². The van der Waals surface area contributed by atoms with E-state index in [2.05, 4.69) is 15.6 Å². The molecule has 0 radical (unpaired) electrons. The van der Waals surface area contributed by atoms with E-state index >= 15 is 0 Å². The van der Waals surface area contributed by atoms with Crippen molar-refractivity contribution in [2.24, 2.45) is 7.05 Å². The number of rotatable bonds is 4. The molecule has 0 bridgehead atoms. The summed E-state index contributed by atoms with van der Waals surface area (Å²) in [4.78, 5) is 28.3. The number of fused-ring (bicyclic) bond motifs is 1. The lowest BCUT2D eigenvalue weighted by molar-refractivity contribution is -0.114. The van der Waals surface area contributed by atoms with Crippen molar-refractivity contribution in [2.45, 2.75) is 45.1 Å². The van der Waals surface area contributed by atoms with Crippen LogP contribution in [0.25, 0.3) is 11.0 Å². The summed E-state index contributed by atoms with van der Waals surface area (Å²) in [5, 5.41) is 7.00. The highest BCUT2D eigenvalue weighted by atomic mass is 16.5. The van der Waals surface area contributed by atoms with Crippen molar-refractivity contribution in [2.75, 3.05) is 17.7 Å². The van der Waals surface area contributed by atoms with E-state index in [4.69, 9.17) is 4.74 Å². The van der Waals surface area contributed by atoms with Crippen LogP contribution in [0.4, 0.5) is 11.4 Å². The molecule has 2 N–H and O–H groups in total. The predicted molar refractivity (Wildman–Crippen MR) is 96.9 cm³/mol. The Morgan fingerprint density at radius 3 is 2.64 bits per heavy atom. The molecule has 0 saturated heterocycles. The van der Waals surface area contributed by atoms with Crippen LogP contribution in [0.2, 0.25) is 0 Å². The van der Waals surface area contributed by atoms with E-state index in [1.165, 1.54) is 33.3 Å². The number of carbonyl (C=O) groups excluding carboxylic acids is 2. The summed E-state index contributed by atoms with van der Waals surface area (Å²) < 4.78 is 6.52. The Bertz CT molecular complexity index is 806. The van der Waals surface area contributed by atoms with E-state index in [1.807, 2.05) is 6.07 Å². The molecule has 25 heavy (non-hydrogen) atoms. The zero-order valence-electron chi connectivity index (χ0n) is 14.9. The third-order valence-corrected chi connectivity index (χ3v) is 4.68. The molecule has 1 amide bonds. The maximum absolute atomic E-state index is 12.2. The smallest absolute Gasteiger partial charge is 0.356 e. The first-order valence-corrected chi connectivity index (χ1v) is 8.62. The van der Waals surface area contributed by atoms with E-state index in [9.17, 15) is 9.59 Å². The molecular formula is C18H24N4O3. The van der Waals surface area contributed by atoms with Crippen molar-refractivity contribution >= 4 is 34.3 Å². The number of nitrogens with zero attached hydrogens (tertiary/aromatic N) is 2. The van der Waals surface area contributed by atoms with Gasteiger partial charge in [0.2, 0.25) is 5.91 Å². The molecule has 1 saturated carbocycles. The van der Waals surface area contributed by atoms with Gasteiger partial charge in [0, 0.05) is 25.4 Å². The van der Waals surface area contributed by atoms with Gasteiger partial charge in [-0.15, -0.1) is 0 Å². The van der Waals surface area contributed by atoms with Gasteiger partial charge in [0.1, 0.15) is 5.65 Å². The predicted octanol–water partition coefficient (Wildman–Crippen LogP) is 3.06. The number of aromatic nitrogens is 2. The fourth-order valence-electron chi connectivity index (χ4n) is 3.51. The van der Waals surface area contributed by atoms with Gasteiger partial charge in [-0.05, 0) is 18.9 Å². The summed E-state index contributed by atoms with van der Waals surface area (Å²) in [6, 6.07) is 2.38. The monoisotopic (exact) mass is 344 g/mol. The first-order valence-electron chi connectivity index (χ1n) is 8.62. The molecule has 7 heteroatoms. The molecular weight excluding hydrogens is 320 g/mol. The second-order valence-corrected chi connectivity index (χ2v) is 6.53. The van der Waals surface area contributed by atoms with Crippen LogP contribution in [0.5, 0.6) is 0 Å². The number of amides is 1. The van der Waals surface area contributed by atoms with Crippen molar-refractivity contribution in [3.05, 3.63) is 18.0 Å². The van der Waals surface area contributed by atoms with E-state index < -0.39 is 5.97 Å². The Balaban J connectivity index is 2.04. The van der Waals surface area contributed by atoms with Crippen LogP contribution in [-0.4, -0.2) is 34.6 Å². The van der Waals surface area contributed by atoms with E-state index in [0.717, 1.165) is 23.9 Å². The van der Waals surface area contributed by atoms with Gasteiger partial charge in [-0.1, -0.05) is 19.3 Å². The lowest BCUT2D eigenvalue weighted by atomic mass is 9.95. The van der Waals surface area contributed by atoms with Crippen LogP contribution in [0.1, 0.15) is 49.5 Å². The number of ether oxygens (including phenoxy) is 1. The molecule has 1 aliphatic carbocycles. The molecule has 3 rings (SSSR count). The minimum absolute atomic E-state index is 0.247. The number of nitrogens with one attached hydrogen (secondary N) is 2. The van der Waals surface area contributed by atoms with Gasteiger partial charge in [-0.25, -0.2) is 9.78 Å². The first kappa shape index (κ1) is 17.3. The number of esters is 1. The average Bonchev–Trinajstić information content (AvgIpc) is 2.86. The van der Waals surface area contributed by atoms with Crippen LogP contribution in [-0.2, 0) is 16.6 Å². The van der Waals surface area contributed by atoms with Crippen molar-refractivity contribution in [1.82, 2.24) is 9.55 Å². The largest absolute Gasteiger partial charge is 0.464 e. The molecule has 0 unspecified atom stereocenters. The van der Waals surface area contributed by atoms with Crippen LogP contribution in [0, 0.1) is 0 Å². The van der Waals surface area contributed by atoms with Crippen LogP contribution < -0.4 is 10.6 Å². The standard InChI is InChI=1S/C18H24N4O3/c1-11(23)20-15-14-9-13(21-12-7-5-4-6-8-12)10-19-17(14)22(2)16(15)18(24)25-3/h9-10,12,21H,4-8H2,1-3H3,(H,20,23). The number of aryl methyl sites for hydroxylation is 1. The molecule has 1 aliphatic rings. The number of pyridine rings is 1. The summed E-state index contributed by atoms with van der Waals surface area (Å²) in [7, 11) is 3.06. The maximum atomic E-state index is 12.2. The molecule has 0 atom stereocenters. The second kappa shape index (κ2) is 7.13. The summed E-state index contributed by atoms with van der Waals surface area (Å²) in [5.74, 6) is -0.755. The van der Waals surface area contributed by atoms with Crippen LogP contribution >= 0.6 is 0 Å². The summed E-state index contributed by atoms with van der Waals surface area (Å²) in [5.41, 5.74) is 2.25. The highest BCUT2D eigenvalue weighted by molar-refractivity contribution is 6.10. The zero-order valence-corrected chi connectivity index (χ0v) is 14.9. The van der Waals surface area contributed by atoms with Gasteiger partial charge in [-0.2, -0.15) is 0 Å². The number of hydrogen-bond acceptors (Lipinski definition) is 5. The highest BCUT2D eigenvalue weighted by Gasteiger charge is 2.24. The molecule has 7 nitrogen and oxygen atoms in total. The number of hydrogen-bond donors (Lipinski definition) is 2. The van der Waals surface area contributed by atoms with Crippen molar-refractivity contribution in [3.8, 4) is 0 Å². The molecule has 2 heterocycles. The normalized spacial score (nSPS) is 15.2. The third-order valence-electron chi connectivity index (χ3n) is 4.68. The molecule has 2 aromatic rings. The van der Waals surface area contributed by atoms with Gasteiger partial charge in [0.25, 0.3) is 0 Å². The quantitative estimate of drug-likeness (QED) is 0.833.